The Morgan fingerprint density at radius 3 is 2.27 bits per heavy atom. The molecule has 0 aromatic heterocycles. The summed E-state index contributed by atoms with van der Waals surface area (Å²) in [6.07, 6.45) is 2.12. The van der Waals surface area contributed by atoms with Crippen LogP contribution in [-0.4, -0.2) is 21.3 Å². The third-order valence-corrected chi connectivity index (χ3v) is 2.99. The van der Waals surface area contributed by atoms with Gasteiger partial charge in [0.1, 0.15) is 11.5 Å². The van der Waals surface area contributed by atoms with Gasteiger partial charge in [-0.1, -0.05) is 0 Å². The molecule has 1 aromatic carbocycles. The van der Waals surface area contributed by atoms with E-state index in [1.54, 1.807) is 21.3 Å². The molecule has 0 N–H and O–H groups in total. The lowest BCUT2D eigenvalue weighted by Gasteiger charge is -2.17. The third-order valence-electron chi connectivity index (χ3n) is 2.99. The molecule has 15 heavy (non-hydrogen) atoms. The van der Waals surface area contributed by atoms with Crippen LogP contribution in [0.5, 0.6) is 11.5 Å². The predicted octanol–water partition coefficient (Wildman–Crippen LogP) is 2.34. The number of methoxy groups -OCH3 is 3. The number of benzene rings is 1. The molecule has 1 fully saturated rings. The van der Waals surface area contributed by atoms with Crippen molar-refractivity contribution in [1.82, 2.24) is 0 Å². The summed E-state index contributed by atoms with van der Waals surface area (Å²) in [6, 6.07) is 5.86. The van der Waals surface area contributed by atoms with E-state index in [0.717, 1.165) is 29.9 Å². The molecule has 2 rings (SSSR count). The maximum atomic E-state index is 5.53. The van der Waals surface area contributed by atoms with Crippen molar-refractivity contribution in [2.45, 2.75) is 18.4 Å². The van der Waals surface area contributed by atoms with Crippen molar-refractivity contribution in [2.75, 3.05) is 21.3 Å². The van der Waals surface area contributed by atoms with E-state index in [1.165, 1.54) is 0 Å². The monoisotopic (exact) mass is 208 g/mol. The summed E-state index contributed by atoms with van der Waals surface area (Å²) in [6.45, 7) is 0. The van der Waals surface area contributed by atoms with E-state index in [9.17, 15) is 0 Å². The maximum absolute atomic E-state index is 5.53. The molecule has 1 saturated carbocycles. The minimum Gasteiger partial charge on any atom is -0.497 e. The van der Waals surface area contributed by atoms with Crippen molar-refractivity contribution >= 4 is 0 Å². The van der Waals surface area contributed by atoms with Crippen molar-refractivity contribution in [3.63, 3.8) is 0 Å². The lowest BCUT2D eigenvalue weighted by atomic mass is 10.1. The number of hydrogen-bond acceptors (Lipinski definition) is 3. The minimum atomic E-state index is -0.113. The van der Waals surface area contributed by atoms with Gasteiger partial charge in [-0.25, -0.2) is 0 Å². The van der Waals surface area contributed by atoms with Crippen LogP contribution in [-0.2, 0) is 10.3 Å². The Labute approximate surface area is 90.0 Å². The van der Waals surface area contributed by atoms with Crippen molar-refractivity contribution in [1.29, 1.82) is 0 Å². The van der Waals surface area contributed by atoms with E-state index >= 15 is 0 Å². The van der Waals surface area contributed by atoms with Crippen molar-refractivity contribution in [2.24, 2.45) is 0 Å². The van der Waals surface area contributed by atoms with Crippen LogP contribution in [0.3, 0.4) is 0 Å². The molecule has 1 aromatic rings. The van der Waals surface area contributed by atoms with Gasteiger partial charge in [-0.05, 0) is 25.0 Å². The summed E-state index contributed by atoms with van der Waals surface area (Å²) in [5, 5.41) is 0. The van der Waals surface area contributed by atoms with Gasteiger partial charge in [-0.15, -0.1) is 0 Å². The lowest BCUT2D eigenvalue weighted by Crippen LogP contribution is -2.10. The molecule has 0 spiro atoms. The first kappa shape index (κ1) is 10.3. The Morgan fingerprint density at radius 1 is 1.07 bits per heavy atom. The van der Waals surface area contributed by atoms with Gasteiger partial charge in [0.25, 0.3) is 0 Å². The molecule has 1 aliphatic carbocycles. The normalized spacial score (nSPS) is 17.3. The van der Waals surface area contributed by atoms with E-state index < -0.39 is 0 Å². The van der Waals surface area contributed by atoms with Crippen molar-refractivity contribution < 1.29 is 14.2 Å². The van der Waals surface area contributed by atoms with Crippen LogP contribution in [0.2, 0.25) is 0 Å². The zero-order valence-electron chi connectivity index (χ0n) is 9.37. The average Bonchev–Trinajstić information content (AvgIpc) is 3.09. The Balaban J connectivity index is 2.39. The van der Waals surface area contributed by atoms with Crippen LogP contribution in [0.25, 0.3) is 0 Å². The van der Waals surface area contributed by atoms with Gasteiger partial charge in [0.05, 0.1) is 19.8 Å². The fourth-order valence-corrected chi connectivity index (χ4v) is 1.87. The average molecular weight is 208 g/mol. The van der Waals surface area contributed by atoms with E-state index in [2.05, 4.69) is 0 Å². The van der Waals surface area contributed by atoms with Gasteiger partial charge in [-0.3, -0.25) is 0 Å². The Hall–Kier alpha value is -1.22. The molecule has 0 saturated heterocycles. The van der Waals surface area contributed by atoms with Crippen LogP contribution in [0.1, 0.15) is 18.4 Å². The summed E-state index contributed by atoms with van der Waals surface area (Å²) < 4.78 is 16.0. The van der Waals surface area contributed by atoms with Crippen molar-refractivity contribution in [3.05, 3.63) is 23.8 Å². The van der Waals surface area contributed by atoms with Gasteiger partial charge in [-0.2, -0.15) is 0 Å². The van der Waals surface area contributed by atoms with Gasteiger partial charge in [0.15, 0.2) is 0 Å². The Morgan fingerprint density at radius 2 is 1.80 bits per heavy atom. The first-order valence-corrected chi connectivity index (χ1v) is 5.03. The van der Waals surface area contributed by atoms with Gasteiger partial charge < -0.3 is 14.2 Å². The van der Waals surface area contributed by atoms with Gasteiger partial charge in [0.2, 0.25) is 0 Å². The molecule has 0 heterocycles. The largest absolute Gasteiger partial charge is 0.497 e. The lowest BCUT2D eigenvalue weighted by molar-refractivity contribution is 0.0765. The van der Waals surface area contributed by atoms with E-state index in [4.69, 9.17) is 14.2 Å². The molecular weight excluding hydrogens is 192 g/mol. The standard InChI is InChI=1S/C12H16O3/c1-13-9-4-5-10(11(8-9)14-2)12(15-3)6-7-12/h4-5,8H,6-7H2,1-3H3. The quantitative estimate of drug-likeness (QED) is 0.760. The van der Waals surface area contributed by atoms with Gasteiger partial charge >= 0.3 is 0 Å². The SMILES string of the molecule is COc1ccc(C2(OC)CC2)c(OC)c1. The predicted molar refractivity (Wildman–Crippen MR) is 57.5 cm³/mol. The molecule has 0 radical (unpaired) electrons. The summed E-state index contributed by atoms with van der Waals surface area (Å²) in [5.74, 6) is 1.65. The highest BCUT2D eigenvalue weighted by molar-refractivity contribution is 5.46. The number of ether oxygens (including phenoxy) is 3. The molecule has 0 unspecified atom stereocenters. The highest BCUT2D eigenvalue weighted by Crippen LogP contribution is 2.52. The zero-order chi connectivity index (χ0) is 10.9. The molecule has 3 nitrogen and oxygen atoms in total. The van der Waals surface area contributed by atoms with E-state index in [0.29, 0.717) is 0 Å². The molecule has 0 atom stereocenters. The first-order chi connectivity index (χ1) is 7.25. The molecule has 82 valence electrons. The highest BCUT2D eigenvalue weighted by atomic mass is 16.5. The van der Waals surface area contributed by atoms with Crippen LogP contribution < -0.4 is 9.47 Å². The Bertz CT molecular complexity index is 356. The van der Waals surface area contributed by atoms with E-state index in [1.807, 2.05) is 18.2 Å². The summed E-state index contributed by atoms with van der Waals surface area (Å²) in [7, 11) is 5.07. The van der Waals surface area contributed by atoms with Crippen LogP contribution in [0, 0.1) is 0 Å². The molecule has 0 bridgehead atoms. The zero-order valence-corrected chi connectivity index (χ0v) is 9.37. The Kier molecular flexibility index (Phi) is 2.57. The van der Waals surface area contributed by atoms with Crippen LogP contribution >= 0.6 is 0 Å². The van der Waals surface area contributed by atoms with E-state index in [-0.39, 0.29) is 5.60 Å². The minimum absolute atomic E-state index is 0.113. The number of hydrogen-bond donors (Lipinski definition) is 0. The maximum Gasteiger partial charge on any atom is 0.128 e. The smallest absolute Gasteiger partial charge is 0.128 e. The molecule has 0 amide bonds. The second kappa shape index (κ2) is 3.74. The topological polar surface area (TPSA) is 27.7 Å². The molecular formula is C12H16O3. The first-order valence-electron chi connectivity index (χ1n) is 5.03. The second-order valence-corrected chi connectivity index (χ2v) is 3.76. The van der Waals surface area contributed by atoms with Gasteiger partial charge in [0, 0.05) is 18.7 Å². The second-order valence-electron chi connectivity index (χ2n) is 3.76. The van der Waals surface area contributed by atoms with Crippen LogP contribution in [0.4, 0.5) is 0 Å². The summed E-state index contributed by atoms with van der Waals surface area (Å²) in [5.41, 5.74) is 1.01. The molecule has 1 aliphatic rings. The molecule has 0 aliphatic heterocycles. The highest BCUT2D eigenvalue weighted by Gasteiger charge is 2.46. The third kappa shape index (κ3) is 1.67. The fraction of sp³-hybridized carbons (Fsp3) is 0.500. The molecule has 3 heteroatoms. The number of rotatable bonds is 4. The summed E-state index contributed by atoms with van der Waals surface area (Å²) >= 11 is 0. The summed E-state index contributed by atoms with van der Waals surface area (Å²) in [4.78, 5) is 0. The fourth-order valence-electron chi connectivity index (χ4n) is 1.87. The van der Waals surface area contributed by atoms with Crippen LogP contribution in [0.15, 0.2) is 18.2 Å². The van der Waals surface area contributed by atoms with Crippen molar-refractivity contribution in [3.8, 4) is 11.5 Å².